The number of nitrogens with zero attached hydrogens (tertiary/aromatic N) is 1. The fourth-order valence-corrected chi connectivity index (χ4v) is 6.51. The fraction of sp³-hybridized carbons (Fsp3) is 0. The van der Waals surface area contributed by atoms with E-state index in [2.05, 4.69) is 118 Å². The van der Waals surface area contributed by atoms with Gasteiger partial charge in [-0.25, -0.2) is 0 Å². The number of aromatic amines is 1. The summed E-state index contributed by atoms with van der Waals surface area (Å²) in [6, 6.07) is 45.7. The van der Waals surface area contributed by atoms with E-state index in [9.17, 15) is 4.79 Å². The summed E-state index contributed by atoms with van der Waals surface area (Å²) < 4.78 is 2.66. The van der Waals surface area contributed by atoms with Crippen LogP contribution in [0.2, 0.25) is 0 Å². The molecule has 8 rings (SSSR count). The van der Waals surface area contributed by atoms with Crippen LogP contribution in [-0.2, 0) is 0 Å². The van der Waals surface area contributed by atoms with Crippen molar-refractivity contribution in [2.45, 2.75) is 0 Å². The molecule has 41 heavy (non-hydrogen) atoms. The Morgan fingerprint density at radius 2 is 1.17 bits per heavy atom. The number of rotatable bonds is 3. The van der Waals surface area contributed by atoms with Crippen LogP contribution in [0.3, 0.4) is 0 Å². The molecule has 6 aromatic carbocycles. The van der Waals surface area contributed by atoms with Crippen molar-refractivity contribution in [3.8, 4) is 22.3 Å². The van der Waals surface area contributed by atoms with Gasteiger partial charge in [-0.05, 0) is 74.6 Å². The third-order valence-corrected chi connectivity index (χ3v) is 8.71. The van der Waals surface area contributed by atoms with Gasteiger partial charge in [-0.15, -0.1) is 0 Å². The van der Waals surface area contributed by atoms with Crippen molar-refractivity contribution in [2.24, 2.45) is 0 Å². The highest BCUT2D eigenvalue weighted by molar-refractivity contribution is 9.10. The van der Waals surface area contributed by atoms with E-state index in [1.54, 1.807) is 0 Å². The van der Waals surface area contributed by atoms with E-state index < -0.39 is 0 Å². The van der Waals surface area contributed by atoms with Gasteiger partial charge in [-0.3, -0.25) is 9.36 Å². The van der Waals surface area contributed by atoms with Crippen LogP contribution in [-0.4, -0.2) is 15.5 Å². The molecule has 0 amide bonds. The molecule has 0 spiro atoms. The van der Waals surface area contributed by atoms with Crippen molar-refractivity contribution in [1.29, 1.82) is 0 Å². The number of H-pyrrole nitrogens is 1. The quantitative estimate of drug-likeness (QED) is 0.218. The summed E-state index contributed by atoms with van der Waals surface area (Å²) in [5.41, 5.74) is 9.01. The molecule has 0 saturated carbocycles. The van der Waals surface area contributed by atoms with Crippen LogP contribution in [0.1, 0.15) is 10.4 Å². The Bertz CT molecular complexity index is 2280. The van der Waals surface area contributed by atoms with Crippen LogP contribution in [0.15, 0.2) is 138 Å². The third kappa shape index (κ3) is 3.75. The number of carbonyl (C=O) groups excluding carboxylic acids is 1. The highest BCUT2D eigenvalue weighted by Crippen LogP contribution is 2.40. The van der Waals surface area contributed by atoms with Gasteiger partial charge in [0, 0.05) is 31.5 Å². The Hall–Kier alpha value is -4.93. The number of halogens is 1. The van der Waals surface area contributed by atoms with Gasteiger partial charge >= 0.3 is 0 Å². The lowest BCUT2D eigenvalue weighted by Crippen LogP contribution is -2.12. The molecule has 1 N–H and O–H groups in total. The van der Waals surface area contributed by atoms with Gasteiger partial charge in [0.15, 0.2) is 0 Å². The van der Waals surface area contributed by atoms with E-state index in [1.165, 1.54) is 5.56 Å². The molecular weight excluding hydrogens is 568 g/mol. The van der Waals surface area contributed by atoms with Gasteiger partial charge < -0.3 is 4.98 Å². The van der Waals surface area contributed by atoms with Crippen molar-refractivity contribution in [2.75, 3.05) is 0 Å². The van der Waals surface area contributed by atoms with Crippen LogP contribution >= 0.6 is 15.9 Å². The summed E-state index contributed by atoms with van der Waals surface area (Å²) in [4.78, 5) is 18.0. The second kappa shape index (κ2) is 9.33. The molecule has 3 nitrogen and oxygen atoms in total. The van der Waals surface area contributed by atoms with Crippen LogP contribution in [0.25, 0.3) is 65.9 Å². The zero-order valence-electron chi connectivity index (χ0n) is 21.9. The molecule has 0 aliphatic rings. The normalized spacial score (nSPS) is 11.6. The lowest BCUT2D eigenvalue weighted by Gasteiger charge is -2.09. The van der Waals surface area contributed by atoms with E-state index in [-0.39, 0.29) is 5.91 Å². The van der Waals surface area contributed by atoms with E-state index >= 15 is 0 Å². The van der Waals surface area contributed by atoms with E-state index in [1.807, 2.05) is 41.0 Å². The first-order valence-electron chi connectivity index (χ1n) is 13.6. The first-order chi connectivity index (χ1) is 20.2. The van der Waals surface area contributed by atoms with Crippen LogP contribution in [0, 0.1) is 0 Å². The maximum Gasteiger partial charge on any atom is 0.264 e. The van der Waals surface area contributed by atoms with Gasteiger partial charge in [0.25, 0.3) is 5.91 Å². The third-order valence-electron chi connectivity index (χ3n) is 8.02. The zero-order valence-corrected chi connectivity index (χ0v) is 23.5. The molecule has 0 radical (unpaired) electrons. The van der Waals surface area contributed by atoms with Crippen molar-refractivity contribution in [3.05, 3.63) is 143 Å². The molecule has 0 aliphatic carbocycles. The van der Waals surface area contributed by atoms with E-state index in [0.29, 0.717) is 5.56 Å². The van der Waals surface area contributed by atoms with Gasteiger partial charge in [-0.2, -0.15) is 0 Å². The molecule has 8 aromatic rings. The number of benzene rings is 6. The number of hydrogen-bond acceptors (Lipinski definition) is 1. The van der Waals surface area contributed by atoms with Gasteiger partial charge in [-0.1, -0.05) is 97.1 Å². The molecule has 2 heterocycles. The van der Waals surface area contributed by atoms with Crippen molar-refractivity contribution >= 4 is 65.4 Å². The smallest absolute Gasteiger partial charge is 0.264 e. The number of carbonyl (C=O) groups is 1. The highest BCUT2D eigenvalue weighted by Gasteiger charge is 2.23. The molecule has 0 bridgehead atoms. The Labute approximate surface area is 244 Å². The Morgan fingerprint density at radius 1 is 0.561 bits per heavy atom. The number of nitrogens with one attached hydrogen (secondary N) is 1. The first kappa shape index (κ1) is 23.9. The Kier molecular flexibility index (Phi) is 5.44. The van der Waals surface area contributed by atoms with Crippen molar-refractivity contribution < 1.29 is 4.79 Å². The Balaban J connectivity index is 1.46. The van der Waals surface area contributed by atoms with Gasteiger partial charge in [0.2, 0.25) is 0 Å². The summed E-state index contributed by atoms with van der Waals surface area (Å²) >= 11 is 3.62. The lowest BCUT2D eigenvalue weighted by atomic mass is 10.0. The summed E-state index contributed by atoms with van der Waals surface area (Å²) in [5.74, 6) is -0.0685. The predicted octanol–water partition coefficient (Wildman–Crippen LogP) is 10.2. The summed E-state index contributed by atoms with van der Waals surface area (Å²) in [5, 5.41) is 4.32. The number of hydrogen-bond donors (Lipinski definition) is 1. The lowest BCUT2D eigenvalue weighted by molar-refractivity contribution is 0.0969. The topological polar surface area (TPSA) is 37.8 Å². The number of aromatic nitrogens is 2. The van der Waals surface area contributed by atoms with E-state index in [4.69, 9.17) is 0 Å². The molecule has 2 aromatic heterocycles. The second-order valence-electron chi connectivity index (χ2n) is 10.4. The molecular formula is C37H23BrN2O. The fourth-order valence-electron chi connectivity index (χ4n) is 6.06. The van der Waals surface area contributed by atoms with Crippen molar-refractivity contribution in [1.82, 2.24) is 9.55 Å². The van der Waals surface area contributed by atoms with Crippen molar-refractivity contribution in [3.63, 3.8) is 0 Å². The first-order valence-corrected chi connectivity index (χ1v) is 14.4. The maximum atomic E-state index is 14.3. The van der Waals surface area contributed by atoms with Crippen LogP contribution in [0.4, 0.5) is 0 Å². The molecule has 194 valence electrons. The predicted molar refractivity (Wildman–Crippen MR) is 174 cm³/mol. The van der Waals surface area contributed by atoms with Gasteiger partial charge in [0.1, 0.15) is 0 Å². The average Bonchev–Trinajstić information content (AvgIpc) is 3.57. The van der Waals surface area contributed by atoms with E-state index in [0.717, 1.165) is 64.8 Å². The van der Waals surface area contributed by atoms with Crippen LogP contribution in [0.5, 0.6) is 0 Å². The Morgan fingerprint density at radius 3 is 1.88 bits per heavy atom. The average molecular weight is 592 g/mol. The summed E-state index contributed by atoms with van der Waals surface area (Å²) in [6.07, 6.45) is 0. The van der Waals surface area contributed by atoms with Gasteiger partial charge in [0.05, 0.1) is 22.1 Å². The largest absolute Gasteiger partial charge is 0.353 e. The highest BCUT2D eigenvalue weighted by atomic mass is 79.9. The molecule has 0 aliphatic heterocycles. The molecule has 0 unspecified atom stereocenters. The summed E-state index contributed by atoms with van der Waals surface area (Å²) in [6.45, 7) is 0. The maximum absolute atomic E-state index is 14.3. The molecule has 0 fully saturated rings. The summed E-state index contributed by atoms with van der Waals surface area (Å²) in [7, 11) is 0. The minimum absolute atomic E-state index is 0.0685. The monoisotopic (exact) mass is 590 g/mol. The molecule has 0 atom stereocenters. The van der Waals surface area contributed by atoms with Crippen LogP contribution < -0.4 is 0 Å². The molecule has 0 saturated heterocycles. The molecule has 4 heteroatoms. The minimum Gasteiger partial charge on any atom is -0.353 e. The standard InChI is InChI=1S/C37H23BrN2O/c38-32-14-8-7-13-29(32)37(41)40-34-20-16-26(24-11-5-2-6-12-24)22-31(34)28-18-17-27-30-21-25(23-9-3-1-4-10-23)15-19-33(30)39-35(27)36(28)40/h1-22,39H. The number of fused-ring (bicyclic) bond motifs is 7. The zero-order chi connectivity index (χ0) is 27.5. The second-order valence-corrected chi connectivity index (χ2v) is 11.2. The SMILES string of the molecule is O=C(c1ccccc1Br)n1c2ccc(-c3ccccc3)cc2c2ccc3c4cc(-c5ccccc5)ccc4[nH]c3c21. The minimum atomic E-state index is -0.0685.